The van der Waals surface area contributed by atoms with Gasteiger partial charge in [-0.25, -0.2) is 4.98 Å². The number of anilines is 1. The summed E-state index contributed by atoms with van der Waals surface area (Å²) >= 11 is 5.85. The number of H-pyrrole nitrogens is 1. The van der Waals surface area contributed by atoms with Gasteiger partial charge in [-0.15, -0.1) is 0 Å². The number of amides is 2. The zero-order valence-corrected chi connectivity index (χ0v) is 13.2. The molecule has 0 saturated carbocycles. The van der Waals surface area contributed by atoms with E-state index in [0.29, 0.717) is 22.8 Å². The SMILES string of the molecule is O=C(N[C@H]1Cc2ccccc2NC1=O)c1cc2cc(Cl)ncc2[nH]1. The molecule has 1 aliphatic heterocycles. The van der Waals surface area contributed by atoms with Crippen LogP contribution in [-0.4, -0.2) is 27.8 Å². The van der Waals surface area contributed by atoms with Crippen LogP contribution in [0.5, 0.6) is 0 Å². The molecule has 0 spiro atoms. The van der Waals surface area contributed by atoms with Crippen molar-refractivity contribution in [2.75, 3.05) is 5.32 Å². The number of halogens is 1. The molecule has 4 rings (SSSR count). The number of pyridine rings is 1. The first-order chi connectivity index (χ1) is 11.6. The normalized spacial score (nSPS) is 16.5. The quantitative estimate of drug-likeness (QED) is 0.626. The van der Waals surface area contributed by atoms with Gasteiger partial charge in [0, 0.05) is 17.5 Å². The minimum atomic E-state index is -0.611. The molecule has 0 aliphatic carbocycles. The van der Waals surface area contributed by atoms with Crippen LogP contribution in [0, 0.1) is 0 Å². The van der Waals surface area contributed by atoms with Crippen LogP contribution >= 0.6 is 11.6 Å². The molecule has 7 heteroatoms. The molecule has 1 aromatic carbocycles. The van der Waals surface area contributed by atoms with E-state index >= 15 is 0 Å². The zero-order chi connectivity index (χ0) is 16.7. The Kier molecular flexibility index (Phi) is 3.46. The van der Waals surface area contributed by atoms with Crippen LogP contribution in [0.15, 0.2) is 42.6 Å². The molecule has 0 bridgehead atoms. The first kappa shape index (κ1) is 14.7. The Morgan fingerprint density at radius 2 is 2.12 bits per heavy atom. The van der Waals surface area contributed by atoms with Gasteiger partial charge in [-0.2, -0.15) is 0 Å². The molecular formula is C17H13ClN4O2. The summed E-state index contributed by atoms with van der Waals surface area (Å²) in [6.07, 6.45) is 2.03. The lowest BCUT2D eigenvalue weighted by molar-refractivity contribution is -0.118. The fourth-order valence-corrected chi connectivity index (χ4v) is 3.00. The number of hydrogen-bond donors (Lipinski definition) is 3. The fraction of sp³-hybridized carbons (Fsp3) is 0.118. The molecule has 1 aliphatic rings. The topological polar surface area (TPSA) is 86.9 Å². The van der Waals surface area contributed by atoms with E-state index in [1.165, 1.54) is 0 Å². The van der Waals surface area contributed by atoms with E-state index < -0.39 is 6.04 Å². The van der Waals surface area contributed by atoms with Crippen LogP contribution in [0.2, 0.25) is 5.15 Å². The molecule has 0 saturated heterocycles. The van der Waals surface area contributed by atoms with Crippen LogP contribution in [0.25, 0.3) is 10.9 Å². The second kappa shape index (κ2) is 5.65. The smallest absolute Gasteiger partial charge is 0.268 e. The lowest BCUT2D eigenvalue weighted by atomic mass is 9.99. The van der Waals surface area contributed by atoms with Crippen molar-refractivity contribution in [3.05, 3.63) is 59.0 Å². The van der Waals surface area contributed by atoms with Crippen molar-refractivity contribution in [1.82, 2.24) is 15.3 Å². The van der Waals surface area contributed by atoms with Crippen LogP contribution in [0.1, 0.15) is 16.1 Å². The summed E-state index contributed by atoms with van der Waals surface area (Å²) in [5.41, 5.74) is 2.86. The molecule has 3 N–H and O–H groups in total. The molecule has 3 heterocycles. The maximum absolute atomic E-state index is 12.4. The van der Waals surface area contributed by atoms with Gasteiger partial charge in [-0.3, -0.25) is 9.59 Å². The van der Waals surface area contributed by atoms with Crippen molar-refractivity contribution < 1.29 is 9.59 Å². The maximum atomic E-state index is 12.4. The van der Waals surface area contributed by atoms with Gasteiger partial charge in [0.2, 0.25) is 5.91 Å². The highest BCUT2D eigenvalue weighted by Crippen LogP contribution is 2.22. The number of fused-ring (bicyclic) bond motifs is 2. The Bertz CT molecular complexity index is 966. The van der Waals surface area contributed by atoms with E-state index in [1.807, 2.05) is 24.3 Å². The highest BCUT2D eigenvalue weighted by atomic mass is 35.5. The third-order valence-electron chi connectivity index (χ3n) is 4.04. The minimum Gasteiger partial charge on any atom is -0.349 e. The van der Waals surface area contributed by atoms with Gasteiger partial charge in [-0.1, -0.05) is 29.8 Å². The molecule has 0 fully saturated rings. The second-order valence-electron chi connectivity index (χ2n) is 5.65. The predicted octanol–water partition coefficient (Wildman–Crippen LogP) is 2.51. The molecule has 24 heavy (non-hydrogen) atoms. The number of carbonyl (C=O) groups excluding carboxylic acids is 2. The molecule has 1 atom stereocenters. The Hall–Kier alpha value is -2.86. The summed E-state index contributed by atoms with van der Waals surface area (Å²) in [6.45, 7) is 0. The molecule has 2 aromatic heterocycles. The Morgan fingerprint density at radius 3 is 3.00 bits per heavy atom. The Balaban J connectivity index is 1.56. The van der Waals surface area contributed by atoms with Crippen LogP contribution in [0.4, 0.5) is 5.69 Å². The molecule has 0 radical (unpaired) electrons. The van der Waals surface area contributed by atoms with Gasteiger partial charge in [0.25, 0.3) is 5.91 Å². The van der Waals surface area contributed by atoms with Crippen LogP contribution in [0.3, 0.4) is 0 Å². The number of carbonyl (C=O) groups is 2. The summed E-state index contributed by atoms with van der Waals surface area (Å²) < 4.78 is 0. The van der Waals surface area contributed by atoms with Gasteiger partial charge in [0.05, 0.1) is 11.7 Å². The van der Waals surface area contributed by atoms with Gasteiger partial charge < -0.3 is 15.6 Å². The average Bonchev–Trinajstić information content (AvgIpc) is 2.98. The number of aromatic amines is 1. The van der Waals surface area contributed by atoms with Crippen molar-refractivity contribution in [2.24, 2.45) is 0 Å². The van der Waals surface area contributed by atoms with Crippen molar-refractivity contribution in [3.63, 3.8) is 0 Å². The molecule has 3 aromatic rings. The summed E-state index contributed by atoms with van der Waals surface area (Å²) in [5, 5.41) is 6.72. The van der Waals surface area contributed by atoms with Gasteiger partial charge in [-0.05, 0) is 23.8 Å². The summed E-state index contributed by atoms with van der Waals surface area (Å²) in [7, 11) is 0. The number of nitrogens with zero attached hydrogens (tertiary/aromatic N) is 1. The standard InChI is InChI=1S/C17H13ClN4O2/c18-15-7-10-6-12(20-14(10)8-19-15)16(23)22-13-5-9-3-1-2-4-11(9)21-17(13)24/h1-4,6-8,13,20H,5H2,(H,21,24)(H,22,23)/t13-/m0/s1. The molecule has 0 unspecified atom stereocenters. The van der Waals surface area contributed by atoms with E-state index in [4.69, 9.17) is 11.6 Å². The Labute approximate surface area is 142 Å². The lowest BCUT2D eigenvalue weighted by Crippen LogP contribution is -2.47. The monoisotopic (exact) mass is 340 g/mol. The number of rotatable bonds is 2. The first-order valence-corrected chi connectivity index (χ1v) is 7.82. The number of hydrogen-bond acceptors (Lipinski definition) is 3. The minimum absolute atomic E-state index is 0.220. The third kappa shape index (κ3) is 2.61. The van der Waals surface area contributed by atoms with Crippen molar-refractivity contribution in [2.45, 2.75) is 12.5 Å². The van der Waals surface area contributed by atoms with Gasteiger partial charge in [0.1, 0.15) is 16.9 Å². The van der Waals surface area contributed by atoms with E-state index in [0.717, 1.165) is 16.6 Å². The van der Waals surface area contributed by atoms with Crippen molar-refractivity contribution in [1.29, 1.82) is 0 Å². The molecule has 6 nitrogen and oxygen atoms in total. The largest absolute Gasteiger partial charge is 0.349 e. The van der Waals surface area contributed by atoms with E-state index in [9.17, 15) is 9.59 Å². The van der Waals surface area contributed by atoms with E-state index in [1.54, 1.807) is 18.3 Å². The predicted molar refractivity (Wildman–Crippen MR) is 91.1 cm³/mol. The highest BCUT2D eigenvalue weighted by molar-refractivity contribution is 6.30. The van der Waals surface area contributed by atoms with Crippen molar-refractivity contribution in [3.8, 4) is 0 Å². The Morgan fingerprint density at radius 1 is 1.29 bits per heavy atom. The van der Waals surface area contributed by atoms with Crippen LogP contribution < -0.4 is 10.6 Å². The third-order valence-corrected chi connectivity index (χ3v) is 4.24. The molecule has 2 amide bonds. The number of para-hydroxylation sites is 1. The fourth-order valence-electron chi connectivity index (χ4n) is 2.83. The summed E-state index contributed by atoms with van der Waals surface area (Å²) in [6, 6.07) is 10.3. The average molecular weight is 341 g/mol. The van der Waals surface area contributed by atoms with Gasteiger partial charge >= 0.3 is 0 Å². The summed E-state index contributed by atoms with van der Waals surface area (Å²) in [4.78, 5) is 31.6. The molecule has 120 valence electrons. The second-order valence-corrected chi connectivity index (χ2v) is 6.04. The number of nitrogens with one attached hydrogen (secondary N) is 3. The van der Waals surface area contributed by atoms with Crippen molar-refractivity contribution >= 4 is 40.0 Å². The zero-order valence-electron chi connectivity index (χ0n) is 12.5. The maximum Gasteiger partial charge on any atom is 0.268 e. The molecular weight excluding hydrogens is 328 g/mol. The summed E-state index contributed by atoms with van der Waals surface area (Å²) in [5.74, 6) is -0.565. The number of benzene rings is 1. The number of aromatic nitrogens is 2. The highest BCUT2D eigenvalue weighted by Gasteiger charge is 2.27. The van der Waals surface area contributed by atoms with Crippen LogP contribution in [-0.2, 0) is 11.2 Å². The first-order valence-electron chi connectivity index (χ1n) is 7.44. The van der Waals surface area contributed by atoms with Gasteiger partial charge in [0.15, 0.2) is 0 Å². The van der Waals surface area contributed by atoms with E-state index in [2.05, 4.69) is 20.6 Å². The van der Waals surface area contributed by atoms with E-state index in [-0.39, 0.29) is 11.8 Å². The lowest BCUT2D eigenvalue weighted by Gasteiger charge is -2.25.